The molecule has 0 aliphatic rings. The lowest BCUT2D eigenvalue weighted by Gasteiger charge is -2.27. The number of carbonyl (C=O) groups is 1. The van der Waals surface area contributed by atoms with Crippen molar-refractivity contribution in [2.24, 2.45) is 0 Å². The molecule has 0 saturated carbocycles. The molecule has 0 saturated heterocycles. The Morgan fingerprint density at radius 2 is 1.81 bits per heavy atom. The predicted octanol–water partition coefficient (Wildman–Crippen LogP) is 1.08. The molecule has 0 unspecified atom stereocenters. The van der Waals surface area contributed by atoms with E-state index in [0.29, 0.717) is 12.2 Å². The van der Waals surface area contributed by atoms with E-state index in [-0.39, 0.29) is 12.6 Å². The van der Waals surface area contributed by atoms with Crippen molar-refractivity contribution in [1.82, 2.24) is 0 Å². The first-order valence-corrected chi connectivity index (χ1v) is 8.03. The van der Waals surface area contributed by atoms with Crippen LogP contribution in [0, 0.1) is 0 Å². The normalized spacial score (nSPS) is 11.3. The molecule has 0 aromatic rings. The average molecular weight is 325 g/mol. The molecule has 0 spiro atoms. The Morgan fingerprint density at radius 1 is 1.29 bits per heavy atom. The molecule has 0 amide bonds. The monoisotopic (exact) mass is 325 g/mol. The number of nitrogens with zero attached hydrogens (tertiary/aromatic N) is 1. The van der Waals surface area contributed by atoms with E-state index in [4.69, 9.17) is 4.74 Å². The lowest BCUT2D eigenvalue weighted by atomic mass is 10.3. The SMILES string of the molecule is C=C(C)C(=O)OCCC[N+](C)(C)CC.CCOS(=O)(=O)[O-]. The van der Waals surface area contributed by atoms with Crippen molar-refractivity contribution in [3.05, 3.63) is 12.2 Å². The summed E-state index contributed by atoms with van der Waals surface area (Å²) in [6.45, 7) is 11.3. The second-order valence-electron chi connectivity index (χ2n) is 5.06. The number of hydrogen-bond donors (Lipinski definition) is 0. The van der Waals surface area contributed by atoms with E-state index in [9.17, 15) is 17.8 Å². The van der Waals surface area contributed by atoms with Gasteiger partial charge in [-0.05, 0) is 20.8 Å². The molecule has 0 rings (SSSR count). The van der Waals surface area contributed by atoms with Crippen LogP contribution in [-0.4, -0.2) is 63.8 Å². The van der Waals surface area contributed by atoms with E-state index in [1.165, 1.54) is 6.92 Å². The van der Waals surface area contributed by atoms with E-state index in [2.05, 4.69) is 31.8 Å². The minimum absolute atomic E-state index is 0.0914. The first-order valence-electron chi connectivity index (χ1n) is 6.70. The summed E-state index contributed by atoms with van der Waals surface area (Å²) in [7, 11) is -0.0897. The highest BCUT2D eigenvalue weighted by Gasteiger charge is 2.11. The van der Waals surface area contributed by atoms with E-state index >= 15 is 0 Å². The van der Waals surface area contributed by atoms with Gasteiger partial charge in [0.2, 0.25) is 10.4 Å². The Balaban J connectivity index is 0. The second kappa shape index (κ2) is 10.7. The lowest BCUT2D eigenvalue weighted by molar-refractivity contribution is -0.888. The molecule has 21 heavy (non-hydrogen) atoms. The van der Waals surface area contributed by atoms with Gasteiger partial charge in [-0.2, -0.15) is 0 Å². The van der Waals surface area contributed by atoms with E-state index < -0.39 is 10.4 Å². The average Bonchev–Trinajstić information content (AvgIpc) is 2.33. The lowest BCUT2D eigenvalue weighted by Crippen LogP contribution is -2.40. The Labute approximate surface area is 128 Å². The second-order valence-corrected chi connectivity index (χ2v) is 6.11. The standard InChI is InChI=1S/C11H22NO2.C2H6O4S/c1-6-12(4,5)8-7-9-14-11(13)10(2)3;1-2-6-7(3,4)5/h2,6-9H2,1,3-5H3;2H2,1H3,(H,3,4,5)/q+1;/p-1. The Morgan fingerprint density at radius 3 is 2.10 bits per heavy atom. The van der Waals surface area contributed by atoms with Gasteiger partial charge < -0.3 is 13.8 Å². The Kier molecular flexibility index (Phi) is 11.4. The van der Waals surface area contributed by atoms with E-state index in [1.807, 2.05) is 0 Å². The van der Waals surface area contributed by atoms with Crippen molar-refractivity contribution in [3.8, 4) is 0 Å². The third-order valence-electron chi connectivity index (χ3n) is 2.61. The summed E-state index contributed by atoms with van der Waals surface area (Å²) in [6, 6.07) is 0. The number of rotatable bonds is 8. The molecule has 7 nitrogen and oxygen atoms in total. The van der Waals surface area contributed by atoms with Crippen LogP contribution in [0.1, 0.15) is 27.2 Å². The van der Waals surface area contributed by atoms with Gasteiger partial charge in [0.15, 0.2) is 0 Å². The number of ether oxygens (including phenoxy) is 1. The van der Waals surface area contributed by atoms with Crippen molar-refractivity contribution in [2.75, 3.05) is 40.4 Å². The van der Waals surface area contributed by atoms with Crippen LogP contribution >= 0.6 is 0 Å². The molecule has 0 heterocycles. The summed E-state index contributed by atoms with van der Waals surface area (Å²) in [5.41, 5.74) is 0.467. The topological polar surface area (TPSA) is 92.7 Å². The van der Waals surface area contributed by atoms with Gasteiger partial charge >= 0.3 is 5.97 Å². The Bertz CT molecular complexity index is 416. The zero-order valence-electron chi connectivity index (χ0n) is 13.5. The maximum atomic E-state index is 11.0. The van der Waals surface area contributed by atoms with Gasteiger partial charge in [0.05, 0.1) is 40.4 Å². The molecule has 0 atom stereocenters. The smallest absolute Gasteiger partial charge is 0.333 e. The molecule has 126 valence electrons. The number of esters is 1. The molecule has 0 fully saturated rings. The molecule has 0 N–H and O–H groups in total. The summed E-state index contributed by atoms with van der Waals surface area (Å²) in [4.78, 5) is 11.0. The van der Waals surface area contributed by atoms with E-state index in [0.717, 1.165) is 24.0 Å². The molecule has 8 heteroatoms. The highest BCUT2D eigenvalue weighted by molar-refractivity contribution is 7.80. The molecule has 0 aromatic carbocycles. The van der Waals surface area contributed by atoms with Gasteiger partial charge in [0.1, 0.15) is 0 Å². The van der Waals surface area contributed by atoms with Crippen LogP contribution in [-0.2, 0) is 24.1 Å². The van der Waals surface area contributed by atoms with Crippen LogP contribution < -0.4 is 0 Å². The van der Waals surface area contributed by atoms with Gasteiger partial charge in [-0.1, -0.05) is 6.58 Å². The molecular weight excluding hydrogens is 298 g/mol. The number of hydrogen-bond acceptors (Lipinski definition) is 6. The first-order chi connectivity index (χ1) is 9.45. The quantitative estimate of drug-likeness (QED) is 0.165. The molecule has 0 bridgehead atoms. The van der Waals surface area contributed by atoms with Crippen molar-refractivity contribution in [2.45, 2.75) is 27.2 Å². The fourth-order valence-corrected chi connectivity index (χ4v) is 1.37. The van der Waals surface area contributed by atoms with E-state index in [1.54, 1.807) is 6.92 Å². The van der Waals surface area contributed by atoms with Gasteiger partial charge in [-0.15, -0.1) is 0 Å². The number of quaternary nitrogens is 1. The largest absolute Gasteiger partial charge is 0.726 e. The zero-order chi connectivity index (χ0) is 17.1. The van der Waals surface area contributed by atoms with Crippen molar-refractivity contribution in [1.29, 1.82) is 0 Å². The van der Waals surface area contributed by atoms with Crippen molar-refractivity contribution in [3.63, 3.8) is 0 Å². The molecule has 0 radical (unpaired) electrons. The molecule has 0 aromatic heterocycles. The summed E-state index contributed by atoms with van der Waals surface area (Å²) in [5, 5.41) is 0. The predicted molar refractivity (Wildman–Crippen MR) is 79.2 cm³/mol. The first kappa shape index (κ1) is 22.3. The summed E-state index contributed by atoms with van der Waals surface area (Å²) in [5.74, 6) is -0.285. The number of carbonyl (C=O) groups excluding carboxylic acids is 1. The minimum atomic E-state index is -4.42. The van der Waals surface area contributed by atoms with Crippen LogP contribution in [0.3, 0.4) is 0 Å². The Hall–Kier alpha value is -0.960. The molecule has 0 aliphatic heterocycles. The van der Waals surface area contributed by atoms with Crippen LogP contribution in [0.4, 0.5) is 0 Å². The highest BCUT2D eigenvalue weighted by Crippen LogP contribution is 1.99. The van der Waals surface area contributed by atoms with Gasteiger partial charge in [0.25, 0.3) is 0 Å². The van der Waals surface area contributed by atoms with Crippen LogP contribution in [0.15, 0.2) is 12.2 Å². The fourth-order valence-electron chi connectivity index (χ4n) is 1.08. The third-order valence-corrected chi connectivity index (χ3v) is 3.13. The minimum Gasteiger partial charge on any atom is -0.726 e. The highest BCUT2D eigenvalue weighted by atomic mass is 32.3. The van der Waals surface area contributed by atoms with Crippen LogP contribution in [0.2, 0.25) is 0 Å². The molecular formula is C13H27NO6S. The third kappa shape index (κ3) is 17.0. The maximum Gasteiger partial charge on any atom is 0.333 e. The van der Waals surface area contributed by atoms with Gasteiger partial charge in [0, 0.05) is 12.0 Å². The van der Waals surface area contributed by atoms with Crippen molar-refractivity contribution >= 4 is 16.4 Å². The maximum absolute atomic E-state index is 11.0. The zero-order valence-corrected chi connectivity index (χ0v) is 14.4. The molecule has 0 aliphatic carbocycles. The van der Waals surface area contributed by atoms with Gasteiger partial charge in [-0.3, -0.25) is 4.18 Å². The summed E-state index contributed by atoms with van der Waals surface area (Å²) >= 11 is 0. The van der Waals surface area contributed by atoms with Crippen molar-refractivity contribution < 1.29 is 31.2 Å². The van der Waals surface area contributed by atoms with Crippen LogP contribution in [0.25, 0.3) is 0 Å². The van der Waals surface area contributed by atoms with Crippen LogP contribution in [0.5, 0.6) is 0 Å². The summed E-state index contributed by atoms with van der Waals surface area (Å²) in [6.07, 6.45) is 0.903. The fraction of sp³-hybridized carbons (Fsp3) is 0.769. The van der Waals surface area contributed by atoms with Gasteiger partial charge in [-0.25, -0.2) is 13.2 Å². The summed E-state index contributed by atoms with van der Waals surface area (Å²) < 4.78 is 38.0.